The van der Waals surface area contributed by atoms with E-state index in [1.165, 1.54) is 6.07 Å². The fourth-order valence-electron chi connectivity index (χ4n) is 3.77. The van der Waals surface area contributed by atoms with E-state index in [-0.39, 0.29) is 24.4 Å². The quantitative estimate of drug-likeness (QED) is 0.729. The van der Waals surface area contributed by atoms with E-state index in [4.69, 9.17) is 4.74 Å². The Morgan fingerprint density at radius 3 is 2.36 bits per heavy atom. The Balaban J connectivity index is 1.47. The summed E-state index contributed by atoms with van der Waals surface area (Å²) in [5, 5.41) is 0. The van der Waals surface area contributed by atoms with E-state index in [2.05, 4.69) is 0 Å². The molecule has 3 rings (SSSR count). The number of alkyl halides is 3. The van der Waals surface area contributed by atoms with Crippen molar-refractivity contribution in [2.24, 2.45) is 5.92 Å². The Labute approximate surface area is 162 Å². The first-order valence-corrected chi connectivity index (χ1v) is 9.71. The molecule has 0 bridgehead atoms. The zero-order valence-corrected chi connectivity index (χ0v) is 15.7. The van der Waals surface area contributed by atoms with Crippen molar-refractivity contribution < 1.29 is 27.5 Å². The first-order chi connectivity index (χ1) is 13.3. The van der Waals surface area contributed by atoms with Gasteiger partial charge in [-0.15, -0.1) is 0 Å². The molecule has 1 aromatic rings. The summed E-state index contributed by atoms with van der Waals surface area (Å²) in [6.45, 7) is 1.37. The van der Waals surface area contributed by atoms with E-state index in [1.807, 2.05) is 4.90 Å². The van der Waals surface area contributed by atoms with Gasteiger partial charge in [0.15, 0.2) is 6.61 Å². The van der Waals surface area contributed by atoms with Gasteiger partial charge in [0.25, 0.3) is 5.91 Å². The highest BCUT2D eigenvalue weighted by atomic mass is 19.4. The van der Waals surface area contributed by atoms with Crippen LogP contribution in [-0.2, 0) is 20.5 Å². The number of esters is 1. The maximum absolute atomic E-state index is 12.9. The summed E-state index contributed by atoms with van der Waals surface area (Å²) in [5.41, 5.74) is -0.191. The van der Waals surface area contributed by atoms with Crippen LogP contribution in [0.15, 0.2) is 24.3 Å². The van der Waals surface area contributed by atoms with Gasteiger partial charge in [-0.2, -0.15) is 13.2 Å². The number of hydrogen-bond donors (Lipinski definition) is 0. The molecule has 0 radical (unpaired) electrons. The highest BCUT2D eigenvalue weighted by Gasteiger charge is 2.31. The minimum Gasteiger partial charge on any atom is -0.455 e. The molecule has 1 amide bonds. The molecule has 0 spiro atoms. The number of ether oxygens (including phenoxy) is 1. The largest absolute Gasteiger partial charge is 0.455 e. The van der Waals surface area contributed by atoms with E-state index < -0.39 is 11.7 Å². The molecule has 0 unspecified atom stereocenters. The van der Waals surface area contributed by atoms with Crippen molar-refractivity contribution in [2.75, 3.05) is 37.7 Å². The molecule has 1 aromatic carbocycles. The van der Waals surface area contributed by atoms with Crippen LogP contribution in [0, 0.1) is 5.92 Å². The lowest BCUT2D eigenvalue weighted by Gasteiger charge is -2.36. The maximum atomic E-state index is 12.9. The minimum atomic E-state index is -4.38. The van der Waals surface area contributed by atoms with Gasteiger partial charge in [-0.1, -0.05) is 25.3 Å². The van der Waals surface area contributed by atoms with E-state index in [0.717, 1.165) is 44.2 Å². The zero-order valence-electron chi connectivity index (χ0n) is 15.7. The molecular weight excluding hydrogens is 373 g/mol. The van der Waals surface area contributed by atoms with Crippen molar-refractivity contribution in [3.8, 4) is 0 Å². The standard InChI is InChI=1S/C20H25F3N2O3/c21-20(22,23)16-7-4-8-17(13-16)24-9-11-25(12-10-24)18(26)14-28-19(27)15-5-2-1-3-6-15/h4,7-8,13,15H,1-3,5-6,9-12,14H2. The molecule has 1 heterocycles. The molecular formula is C20H25F3N2O3. The fraction of sp³-hybridized carbons (Fsp3) is 0.600. The average Bonchev–Trinajstić information content (AvgIpc) is 2.72. The van der Waals surface area contributed by atoms with E-state index in [9.17, 15) is 22.8 Å². The van der Waals surface area contributed by atoms with Crippen molar-refractivity contribution in [1.82, 2.24) is 4.90 Å². The third kappa shape index (κ3) is 5.17. The van der Waals surface area contributed by atoms with Gasteiger partial charge in [0.05, 0.1) is 11.5 Å². The highest BCUT2D eigenvalue weighted by Crippen LogP contribution is 2.32. The number of carbonyl (C=O) groups is 2. The average molecular weight is 398 g/mol. The van der Waals surface area contributed by atoms with Crippen molar-refractivity contribution in [2.45, 2.75) is 38.3 Å². The number of carbonyl (C=O) groups excluding carboxylic acids is 2. The van der Waals surface area contributed by atoms with E-state index in [1.54, 1.807) is 11.0 Å². The van der Waals surface area contributed by atoms with Crippen molar-refractivity contribution in [3.05, 3.63) is 29.8 Å². The number of anilines is 1. The van der Waals surface area contributed by atoms with Crippen molar-refractivity contribution in [3.63, 3.8) is 0 Å². The molecule has 5 nitrogen and oxygen atoms in total. The summed E-state index contributed by atoms with van der Waals surface area (Å²) in [6.07, 6.45) is 0.441. The first kappa shape index (κ1) is 20.5. The van der Waals surface area contributed by atoms with Crippen LogP contribution in [0.25, 0.3) is 0 Å². The van der Waals surface area contributed by atoms with Crippen molar-refractivity contribution >= 4 is 17.6 Å². The lowest BCUT2D eigenvalue weighted by atomic mass is 9.89. The number of benzene rings is 1. The van der Waals surface area contributed by atoms with Crippen molar-refractivity contribution in [1.29, 1.82) is 0 Å². The number of amides is 1. The van der Waals surface area contributed by atoms with Crippen LogP contribution in [-0.4, -0.2) is 49.6 Å². The lowest BCUT2D eigenvalue weighted by Crippen LogP contribution is -2.50. The Bertz CT molecular complexity index is 694. The topological polar surface area (TPSA) is 49.9 Å². The van der Waals surface area contributed by atoms with E-state index in [0.29, 0.717) is 31.9 Å². The van der Waals surface area contributed by atoms with Crippen LogP contribution in [0.3, 0.4) is 0 Å². The molecule has 8 heteroatoms. The Kier molecular flexibility index (Phi) is 6.46. The summed E-state index contributed by atoms with van der Waals surface area (Å²) in [6, 6.07) is 5.20. The lowest BCUT2D eigenvalue weighted by molar-refractivity contribution is -0.156. The predicted octanol–water partition coefficient (Wildman–Crippen LogP) is 3.48. The Hall–Kier alpha value is -2.25. The minimum absolute atomic E-state index is 0.0979. The number of hydrogen-bond acceptors (Lipinski definition) is 4. The van der Waals surface area contributed by atoms with Gasteiger partial charge >= 0.3 is 12.1 Å². The molecule has 1 aliphatic heterocycles. The maximum Gasteiger partial charge on any atom is 0.416 e. The molecule has 0 atom stereocenters. The van der Waals surface area contributed by atoms with Gasteiger partial charge in [0, 0.05) is 31.9 Å². The predicted molar refractivity (Wildman–Crippen MR) is 97.8 cm³/mol. The van der Waals surface area contributed by atoms with E-state index >= 15 is 0 Å². The smallest absolute Gasteiger partial charge is 0.416 e. The van der Waals surface area contributed by atoms with Gasteiger partial charge < -0.3 is 14.5 Å². The molecule has 0 aromatic heterocycles. The third-order valence-corrected chi connectivity index (χ3v) is 5.45. The number of piperazine rings is 1. The van der Waals surface area contributed by atoms with Crippen LogP contribution in [0.5, 0.6) is 0 Å². The Morgan fingerprint density at radius 1 is 1.04 bits per heavy atom. The van der Waals surface area contributed by atoms with Gasteiger partial charge in [0.1, 0.15) is 0 Å². The third-order valence-electron chi connectivity index (χ3n) is 5.45. The summed E-state index contributed by atoms with van der Waals surface area (Å²) >= 11 is 0. The molecule has 1 aliphatic carbocycles. The molecule has 28 heavy (non-hydrogen) atoms. The van der Waals surface area contributed by atoms with Crippen LogP contribution >= 0.6 is 0 Å². The number of halogens is 3. The fourth-order valence-corrected chi connectivity index (χ4v) is 3.77. The summed E-state index contributed by atoms with van der Waals surface area (Å²) in [4.78, 5) is 27.8. The number of nitrogens with zero attached hydrogens (tertiary/aromatic N) is 2. The van der Waals surface area contributed by atoms with Gasteiger partial charge in [-0.25, -0.2) is 0 Å². The van der Waals surface area contributed by atoms with Crippen LogP contribution in [0.1, 0.15) is 37.7 Å². The zero-order chi connectivity index (χ0) is 20.1. The summed E-state index contributed by atoms with van der Waals surface area (Å²) < 4.78 is 43.8. The second kappa shape index (κ2) is 8.84. The first-order valence-electron chi connectivity index (χ1n) is 9.71. The van der Waals surface area contributed by atoms with Crippen LogP contribution in [0.4, 0.5) is 18.9 Å². The normalized spacial score (nSPS) is 18.8. The van der Waals surface area contributed by atoms with Gasteiger partial charge in [-0.05, 0) is 31.0 Å². The number of rotatable bonds is 4. The SMILES string of the molecule is O=C(OCC(=O)N1CCN(c2cccc(C(F)(F)F)c2)CC1)C1CCCCC1. The van der Waals surface area contributed by atoms with Gasteiger partial charge in [0.2, 0.25) is 0 Å². The van der Waals surface area contributed by atoms with Crippen LogP contribution < -0.4 is 4.90 Å². The molecule has 2 fully saturated rings. The monoisotopic (exact) mass is 398 g/mol. The molecule has 154 valence electrons. The second-order valence-electron chi connectivity index (χ2n) is 7.36. The van der Waals surface area contributed by atoms with Crippen LogP contribution in [0.2, 0.25) is 0 Å². The molecule has 1 saturated heterocycles. The highest BCUT2D eigenvalue weighted by molar-refractivity contribution is 5.81. The summed E-state index contributed by atoms with van der Waals surface area (Å²) in [5.74, 6) is -0.650. The molecule has 0 N–H and O–H groups in total. The summed E-state index contributed by atoms with van der Waals surface area (Å²) in [7, 11) is 0. The molecule has 2 aliphatic rings. The van der Waals surface area contributed by atoms with Gasteiger partial charge in [-0.3, -0.25) is 9.59 Å². The Morgan fingerprint density at radius 2 is 1.71 bits per heavy atom. The molecule has 1 saturated carbocycles. The second-order valence-corrected chi connectivity index (χ2v) is 7.36.